The summed E-state index contributed by atoms with van der Waals surface area (Å²) in [5.41, 5.74) is 2.41. The lowest BCUT2D eigenvalue weighted by Gasteiger charge is -2.11. The summed E-state index contributed by atoms with van der Waals surface area (Å²) in [7, 11) is 0. The van der Waals surface area contributed by atoms with Gasteiger partial charge in [0.1, 0.15) is 0 Å². The van der Waals surface area contributed by atoms with E-state index in [0.717, 1.165) is 38.2 Å². The number of rotatable bonds is 8. The first-order valence-electron chi connectivity index (χ1n) is 6.58. The highest BCUT2D eigenvalue weighted by Crippen LogP contribution is 2.06. The van der Waals surface area contributed by atoms with Crippen LogP contribution in [0.2, 0.25) is 0 Å². The van der Waals surface area contributed by atoms with E-state index in [2.05, 4.69) is 41.9 Å². The van der Waals surface area contributed by atoms with E-state index < -0.39 is 0 Å². The van der Waals surface area contributed by atoms with Crippen molar-refractivity contribution in [3.63, 3.8) is 0 Å². The highest BCUT2D eigenvalue weighted by molar-refractivity contribution is 5.10. The van der Waals surface area contributed by atoms with Crippen molar-refractivity contribution in [2.75, 3.05) is 13.2 Å². The maximum atomic E-state index is 8.83. The van der Waals surface area contributed by atoms with Crippen molar-refractivity contribution in [1.29, 1.82) is 0 Å². The number of nitrogens with one attached hydrogen (secondary N) is 1. The van der Waals surface area contributed by atoms with Gasteiger partial charge >= 0.3 is 0 Å². The Labute approximate surface area is 104 Å². The van der Waals surface area contributed by atoms with Crippen molar-refractivity contribution >= 4 is 0 Å². The molecule has 0 bridgehead atoms. The van der Waals surface area contributed by atoms with Gasteiger partial charge in [-0.3, -0.25) is 4.68 Å². The average molecular weight is 239 g/mol. The number of aliphatic hydroxyl groups is 1. The van der Waals surface area contributed by atoms with Crippen LogP contribution in [0, 0.1) is 5.92 Å². The lowest BCUT2D eigenvalue weighted by atomic mass is 10.1. The zero-order chi connectivity index (χ0) is 12.7. The Balaban J connectivity index is 2.42. The molecule has 0 fully saturated rings. The van der Waals surface area contributed by atoms with Crippen LogP contribution in [0.4, 0.5) is 0 Å². The molecule has 0 aliphatic carbocycles. The van der Waals surface area contributed by atoms with Crippen LogP contribution in [0.15, 0.2) is 6.07 Å². The molecule has 0 amide bonds. The van der Waals surface area contributed by atoms with E-state index in [9.17, 15) is 0 Å². The van der Waals surface area contributed by atoms with Crippen molar-refractivity contribution in [1.82, 2.24) is 15.1 Å². The van der Waals surface area contributed by atoms with Crippen LogP contribution in [0.3, 0.4) is 0 Å². The Kier molecular flexibility index (Phi) is 6.22. The van der Waals surface area contributed by atoms with Crippen LogP contribution in [-0.4, -0.2) is 28.0 Å². The fourth-order valence-corrected chi connectivity index (χ4v) is 1.87. The van der Waals surface area contributed by atoms with E-state index in [1.54, 1.807) is 0 Å². The summed E-state index contributed by atoms with van der Waals surface area (Å²) in [6, 6.07) is 2.17. The Morgan fingerprint density at radius 1 is 1.47 bits per heavy atom. The molecule has 0 aliphatic heterocycles. The molecule has 1 aromatic rings. The van der Waals surface area contributed by atoms with Gasteiger partial charge in [-0.15, -0.1) is 0 Å². The third kappa shape index (κ3) is 4.48. The van der Waals surface area contributed by atoms with E-state index in [0.29, 0.717) is 5.92 Å². The highest BCUT2D eigenvalue weighted by atomic mass is 16.3. The Bertz CT molecular complexity index is 322. The Hall–Kier alpha value is -0.870. The Morgan fingerprint density at radius 2 is 2.24 bits per heavy atom. The molecule has 0 saturated heterocycles. The standard InChI is InChI=1S/C13H25N3O/c1-4-12-8-13(16(5-2)15-12)10-14-9-11(3)6-7-17/h8,11,14,17H,4-7,9-10H2,1-3H3. The van der Waals surface area contributed by atoms with Gasteiger partial charge in [0, 0.05) is 19.7 Å². The fourth-order valence-electron chi connectivity index (χ4n) is 1.87. The number of aryl methyl sites for hydroxylation is 2. The summed E-state index contributed by atoms with van der Waals surface area (Å²) in [5, 5.41) is 16.8. The van der Waals surface area contributed by atoms with Crippen molar-refractivity contribution in [2.45, 2.75) is 46.7 Å². The monoisotopic (exact) mass is 239 g/mol. The third-order valence-corrected chi connectivity index (χ3v) is 3.00. The van der Waals surface area contributed by atoms with Gasteiger partial charge in [-0.1, -0.05) is 13.8 Å². The van der Waals surface area contributed by atoms with Crippen molar-refractivity contribution in [2.24, 2.45) is 5.92 Å². The fraction of sp³-hybridized carbons (Fsp3) is 0.769. The molecule has 0 radical (unpaired) electrons. The van der Waals surface area contributed by atoms with Crippen LogP contribution < -0.4 is 5.32 Å². The van der Waals surface area contributed by atoms with Gasteiger partial charge in [-0.25, -0.2) is 0 Å². The maximum absolute atomic E-state index is 8.83. The van der Waals surface area contributed by atoms with Gasteiger partial charge in [0.05, 0.1) is 11.4 Å². The largest absolute Gasteiger partial charge is 0.396 e. The van der Waals surface area contributed by atoms with Crippen LogP contribution >= 0.6 is 0 Å². The molecule has 1 heterocycles. The van der Waals surface area contributed by atoms with Crippen molar-refractivity contribution in [3.8, 4) is 0 Å². The van der Waals surface area contributed by atoms with Crippen molar-refractivity contribution < 1.29 is 5.11 Å². The highest BCUT2D eigenvalue weighted by Gasteiger charge is 2.06. The molecule has 0 aromatic carbocycles. The Morgan fingerprint density at radius 3 is 2.82 bits per heavy atom. The summed E-state index contributed by atoms with van der Waals surface area (Å²) in [6.07, 6.45) is 1.85. The van der Waals surface area contributed by atoms with Crippen LogP contribution in [-0.2, 0) is 19.5 Å². The lowest BCUT2D eigenvalue weighted by Crippen LogP contribution is -2.23. The third-order valence-electron chi connectivity index (χ3n) is 3.00. The maximum Gasteiger partial charge on any atom is 0.0625 e. The topological polar surface area (TPSA) is 50.1 Å². The average Bonchev–Trinajstić information content (AvgIpc) is 2.72. The molecule has 0 spiro atoms. The van der Waals surface area contributed by atoms with Crippen LogP contribution in [0.5, 0.6) is 0 Å². The summed E-state index contributed by atoms with van der Waals surface area (Å²) in [6.45, 7) is 9.39. The van der Waals surface area contributed by atoms with Crippen LogP contribution in [0.25, 0.3) is 0 Å². The molecule has 0 saturated carbocycles. The molecule has 0 aliphatic rings. The smallest absolute Gasteiger partial charge is 0.0625 e. The molecular formula is C13H25N3O. The van der Waals surface area contributed by atoms with Gasteiger partial charge in [0.15, 0.2) is 0 Å². The summed E-state index contributed by atoms with van der Waals surface area (Å²) in [4.78, 5) is 0. The SMILES string of the molecule is CCc1cc(CNCC(C)CCO)n(CC)n1. The zero-order valence-corrected chi connectivity index (χ0v) is 11.2. The second kappa shape index (κ2) is 7.45. The van der Waals surface area contributed by atoms with E-state index in [-0.39, 0.29) is 6.61 Å². The second-order valence-electron chi connectivity index (χ2n) is 4.54. The molecule has 1 atom stereocenters. The predicted molar refractivity (Wildman–Crippen MR) is 69.9 cm³/mol. The van der Waals surface area contributed by atoms with Gasteiger partial charge in [0.25, 0.3) is 0 Å². The summed E-state index contributed by atoms with van der Waals surface area (Å²) < 4.78 is 2.06. The number of nitrogens with zero attached hydrogens (tertiary/aromatic N) is 2. The van der Waals surface area contributed by atoms with E-state index >= 15 is 0 Å². The summed E-state index contributed by atoms with van der Waals surface area (Å²) >= 11 is 0. The quantitative estimate of drug-likeness (QED) is 0.724. The number of hydrogen-bond acceptors (Lipinski definition) is 3. The van der Waals surface area contributed by atoms with Crippen molar-refractivity contribution in [3.05, 3.63) is 17.5 Å². The molecule has 4 nitrogen and oxygen atoms in total. The molecule has 98 valence electrons. The zero-order valence-electron chi connectivity index (χ0n) is 11.2. The van der Waals surface area contributed by atoms with E-state index in [4.69, 9.17) is 5.11 Å². The minimum atomic E-state index is 0.274. The molecular weight excluding hydrogens is 214 g/mol. The van der Waals surface area contributed by atoms with Gasteiger partial charge in [0.2, 0.25) is 0 Å². The van der Waals surface area contributed by atoms with Gasteiger partial charge in [-0.2, -0.15) is 5.10 Å². The molecule has 4 heteroatoms. The molecule has 2 N–H and O–H groups in total. The molecule has 1 aromatic heterocycles. The van der Waals surface area contributed by atoms with Crippen LogP contribution in [0.1, 0.15) is 38.6 Å². The van der Waals surface area contributed by atoms with Gasteiger partial charge < -0.3 is 10.4 Å². The van der Waals surface area contributed by atoms with Gasteiger partial charge in [-0.05, 0) is 38.3 Å². The number of aromatic nitrogens is 2. The molecule has 17 heavy (non-hydrogen) atoms. The first-order chi connectivity index (χ1) is 8.21. The first kappa shape index (κ1) is 14.2. The molecule has 1 unspecified atom stereocenters. The summed E-state index contributed by atoms with van der Waals surface area (Å²) in [5.74, 6) is 0.517. The minimum Gasteiger partial charge on any atom is -0.396 e. The first-order valence-corrected chi connectivity index (χ1v) is 6.58. The number of aliphatic hydroxyl groups excluding tert-OH is 1. The predicted octanol–water partition coefficient (Wildman–Crippen LogP) is 1.57. The normalized spacial score (nSPS) is 12.9. The van der Waals surface area contributed by atoms with E-state index in [1.807, 2.05) is 0 Å². The van der Waals surface area contributed by atoms with E-state index in [1.165, 1.54) is 5.69 Å². The molecule has 1 rings (SSSR count). The lowest BCUT2D eigenvalue weighted by molar-refractivity contribution is 0.260. The second-order valence-corrected chi connectivity index (χ2v) is 4.54. The minimum absolute atomic E-state index is 0.274. The number of hydrogen-bond donors (Lipinski definition) is 2.